The van der Waals surface area contributed by atoms with E-state index in [9.17, 15) is 14.0 Å². The summed E-state index contributed by atoms with van der Waals surface area (Å²) >= 11 is 0. The first-order valence-electron chi connectivity index (χ1n) is 9.90. The van der Waals surface area contributed by atoms with Crippen molar-refractivity contribution < 1.29 is 19.1 Å². The maximum atomic E-state index is 13.8. The smallest absolute Gasteiger partial charge is 0.307 e. The van der Waals surface area contributed by atoms with E-state index in [1.54, 1.807) is 0 Å². The van der Waals surface area contributed by atoms with Crippen LogP contribution in [-0.2, 0) is 16.0 Å². The van der Waals surface area contributed by atoms with Gasteiger partial charge in [-0.1, -0.05) is 24.3 Å². The largest absolute Gasteiger partial charge is 0.481 e. The van der Waals surface area contributed by atoms with Gasteiger partial charge in [0.05, 0.1) is 24.2 Å². The molecule has 1 fully saturated rings. The number of nitrogens with zero attached hydrogens (tertiary/aromatic N) is 2. The van der Waals surface area contributed by atoms with Crippen LogP contribution in [0.3, 0.4) is 0 Å². The third-order valence-electron chi connectivity index (χ3n) is 5.43. The monoisotopic (exact) mass is 407 g/mol. The standard InChI is InChI=1S/C23H22FN3O3/c24-20-8-7-18(10-17(20)11-22(28)29)26-23(30)16-5-3-9-27(14-16)21-13-25-12-15-4-1-2-6-19(15)21/h1-2,4,6-8,10,12-13,16H,3,5,9,11,14H2,(H,26,30)(H,28,29)/t16-/m0/s1. The number of hydrogen-bond acceptors (Lipinski definition) is 4. The third kappa shape index (κ3) is 4.25. The van der Waals surface area contributed by atoms with Gasteiger partial charge in [0, 0.05) is 41.3 Å². The Morgan fingerprint density at radius 2 is 2.03 bits per heavy atom. The normalized spacial score (nSPS) is 16.4. The number of carbonyl (C=O) groups is 2. The molecule has 1 atom stereocenters. The molecule has 1 amide bonds. The fraction of sp³-hybridized carbons (Fsp3) is 0.261. The zero-order valence-corrected chi connectivity index (χ0v) is 16.3. The number of anilines is 2. The number of halogens is 1. The summed E-state index contributed by atoms with van der Waals surface area (Å²) in [6, 6.07) is 12.1. The van der Waals surface area contributed by atoms with Crippen molar-refractivity contribution in [3.63, 3.8) is 0 Å². The first-order chi connectivity index (χ1) is 14.5. The van der Waals surface area contributed by atoms with Gasteiger partial charge in [0.15, 0.2) is 0 Å². The molecule has 0 saturated carbocycles. The van der Waals surface area contributed by atoms with Gasteiger partial charge < -0.3 is 15.3 Å². The summed E-state index contributed by atoms with van der Waals surface area (Å²) in [5, 5.41) is 13.9. The number of carboxylic acid groups (broad SMARTS) is 1. The molecule has 0 aliphatic carbocycles. The molecule has 0 radical (unpaired) electrons. The Morgan fingerprint density at radius 1 is 1.20 bits per heavy atom. The minimum Gasteiger partial charge on any atom is -0.481 e. The van der Waals surface area contributed by atoms with Gasteiger partial charge in [0.2, 0.25) is 5.91 Å². The van der Waals surface area contributed by atoms with Crippen LogP contribution in [0.4, 0.5) is 15.8 Å². The Hall–Kier alpha value is -3.48. The van der Waals surface area contributed by atoms with Crippen LogP contribution < -0.4 is 10.2 Å². The van der Waals surface area contributed by atoms with Crippen LogP contribution in [0.5, 0.6) is 0 Å². The van der Waals surface area contributed by atoms with E-state index in [2.05, 4.69) is 21.3 Å². The van der Waals surface area contributed by atoms with E-state index in [4.69, 9.17) is 5.11 Å². The number of piperidine rings is 1. The quantitative estimate of drug-likeness (QED) is 0.671. The summed E-state index contributed by atoms with van der Waals surface area (Å²) in [5.41, 5.74) is 1.46. The summed E-state index contributed by atoms with van der Waals surface area (Å²) in [4.78, 5) is 30.3. The van der Waals surface area contributed by atoms with Gasteiger partial charge in [-0.05, 0) is 31.0 Å². The molecule has 0 bridgehead atoms. The van der Waals surface area contributed by atoms with Crippen LogP contribution >= 0.6 is 0 Å². The topological polar surface area (TPSA) is 82.5 Å². The molecule has 2 N–H and O–H groups in total. The zero-order valence-electron chi connectivity index (χ0n) is 16.3. The molecule has 0 spiro atoms. The number of benzene rings is 2. The number of carboxylic acids is 1. The number of aromatic nitrogens is 1. The second kappa shape index (κ2) is 8.49. The molecule has 6 nitrogen and oxygen atoms in total. The van der Waals surface area contributed by atoms with E-state index in [-0.39, 0.29) is 17.4 Å². The average Bonchev–Trinajstić information content (AvgIpc) is 2.75. The number of pyridine rings is 1. The van der Waals surface area contributed by atoms with Crippen molar-refractivity contribution in [3.05, 3.63) is 66.2 Å². The number of hydrogen-bond donors (Lipinski definition) is 2. The van der Waals surface area contributed by atoms with Gasteiger partial charge in [-0.25, -0.2) is 4.39 Å². The molecule has 30 heavy (non-hydrogen) atoms. The lowest BCUT2D eigenvalue weighted by Gasteiger charge is -2.34. The minimum absolute atomic E-state index is 0.0485. The first kappa shape index (κ1) is 19.8. The lowest BCUT2D eigenvalue weighted by molar-refractivity contribution is -0.136. The lowest BCUT2D eigenvalue weighted by Crippen LogP contribution is -2.40. The number of aliphatic carboxylic acids is 1. The fourth-order valence-corrected chi connectivity index (χ4v) is 3.96. The molecule has 1 aliphatic rings. The molecule has 2 aromatic carbocycles. The second-order valence-corrected chi connectivity index (χ2v) is 7.53. The van der Waals surface area contributed by atoms with Crippen molar-refractivity contribution >= 4 is 34.0 Å². The van der Waals surface area contributed by atoms with Crippen molar-refractivity contribution in [3.8, 4) is 0 Å². The van der Waals surface area contributed by atoms with Gasteiger partial charge >= 0.3 is 5.97 Å². The maximum absolute atomic E-state index is 13.8. The second-order valence-electron chi connectivity index (χ2n) is 7.53. The van der Waals surface area contributed by atoms with Crippen LogP contribution in [0.1, 0.15) is 18.4 Å². The van der Waals surface area contributed by atoms with Gasteiger partial charge in [0.25, 0.3) is 0 Å². The predicted molar refractivity (Wildman–Crippen MR) is 113 cm³/mol. The highest BCUT2D eigenvalue weighted by Gasteiger charge is 2.27. The Kier molecular flexibility index (Phi) is 5.61. The summed E-state index contributed by atoms with van der Waals surface area (Å²) in [5.74, 6) is -2.10. The van der Waals surface area contributed by atoms with Crippen molar-refractivity contribution in [2.45, 2.75) is 19.3 Å². The summed E-state index contributed by atoms with van der Waals surface area (Å²) < 4.78 is 13.8. The number of rotatable bonds is 5. The van der Waals surface area contributed by atoms with Gasteiger partial charge in [0.1, 0.15) is 5.82 Å². The predicted octanol–water partition coefficient (Wildman–Crippen LogP) is 3.86. The molecule has 2 heterocycles. The van der Waals surface area contributed by atoms with Crippen LogP contribution in [0.2, 0.25) is 0 Å². The van der Waals surface area contributed by atoms with Crippen LogP contribution in [0.25, 0.3) is 10.8 Å². The summed E-state index contributed by atoms with van der Waals surface area (Å²) in [6.45, 7) is 1.41. The van der Waals surface area contributed by atoms with E-state index in [0.29, 0.717) is 12.2 Å². The van der Waals surface area contributed by atoms with Crippen LogP contribution in [0, 0.1) is 11.7 Å². The molecule has 1 aliphatic heterocycles. The average molecular weight is 407 g/mol. The van der Waals surface area contributed by atoms with E-state index >= 15 is 0 Å². The number of fused-ring (bicyclic) bond motifs is 1. The Bertz CT molecular complexity index is 1100. The Morgan fingerprint density at radius 3 is 2.87 bits per heavy atom. The summed E-state index contributed by atoms with van der Waals surface area (Å²) in [7, 11) is 0. The van der Waals surface area contributed by atoms with Crippen LogP contribution in [0.15, 0.2) is 54.9 Å². The van der Waals surface area contributed by atoms with Crippen molar-refractivity contribution in [2.75, 3.05) is 23.3 Å². The van der Waals surface area contributed by atoms with Crippen molar-refractivity contribution in [1.82, 2.24) is 4.98 Å². The Balaban J connectivity index is 1.49. The molecule has 154 valence electrons. The number of carbonyl (C=O) groups excluding carboxylic acids is 1. The molecule has 0 unspecified atom stereocenters. The highest BCUT2D eigenvalue weighted by atomic mass is 19.1. The van der Waals surface area contributed by atoms with E-state index in [0.717, 1.165) is 35.8 Å². The molecular formula is C23H22FN3O3. The van der Waals surface area contributed by atoms with Crippen molar-refractivity contribution in [1.29, 1.82) is 0 Å². The summed E-state index contributed by atoms with van der Waals surface area (Å²) in [6.07, 6.45) is 4.86. The van der Waals surface area contributed by atoms with Crippen LogP contribution in [-0.4, -0.2) is 35.1 Å². The van der Waals surface area contributed by atoms with Gasteiger partial charge in [-0.2, -0.15) is 0 Å². The van der Waals surface area contributed by atoms with Gasteiger partial charge in [-0.15, -0.1) is 0 Å². The molecule has 7 heteroatoms. The van der Waals surface area contributed by atoms with E-state index < -0.39 is 18.2 Å². The molecular weight excluding hydrogens is 385 g/mol. The number of nitrogens with one attached hydrogen (secondary N) is 1. The first-order valence-corrected chi connectivity index (χ1v) is 9.90. The van der Waals surface area contributed by atoms with E-state index in [1.165, 1.54) is 18.2 Å². The minimum atomic E-state index is -1.12. The van der Waals surface area contributed by atoms with Crippen molar-refractivity contribution in [2.24, 2.45) is 5.92 Å². The SMILES string of the molecule is O=C(O)Cc1cc(NC(=O)[C@H]2CCCN(c3cncc4ccccc34)C2)ccc1F. The lowest BCUT2D eigenvalue weighted by atomic mass is 9.96. The highest BCUT2D eigenvalue weighted by molar-refractivity contribution is 5.95. The third-order valence-corrected chi connectivity index (χ3v) is 5.43. The molecule has 4 rings (SSSR count). The highest BCUT2D eigenvalue weighted by Crippen LogP contribution is 2.30. The molecule has 1 saturated heterocycles. The van der Waals surface area contributed by atoms with E-state index in [1.807, 2.05) is 30.6 Å². The fourth-order valence-electron chi connectivity index (χ4n) is 3.96. The Labute approximate surface area is 173 Å². The van der Waals surface area contributed by atoms with Gasteiger partial charge in [-0.3, -0.25) is 14.6 Å². The zero-order chi connectivity index (χ0) is 21.1. The molecule has 3 aromatic rings. The molecule has 1 aromatic heterocycles. The number of amides is 1. The maximum Gasteiger partial charge on any atom is 0.307 e.